The van der Waals surface area contributed by atoms with Gasteiger partial charge in [-0.25, -0.2) is 0 Å². The van der Waals surface area contributed by atoms with Crippen LogP contribution in [0, 0.1) is 6.92 Å². The van der Waals surface area contributed by atoms with Crippen LogP contribution >= 0.6 is 0 Å². The summed E-state index contributed by atoms with van der Waals surface area (Å²) >= 11 is 0. The predicted molar refractivity (Wildman–Crippen MR) is 87.9 cm³/mol. The van der Waals surface area contributed by atoms with E-state index in [9.17, 15) is 4.79 Å². The van der Waals surface area contributed by atoms with E-state index in [4.69, 9.17) is 4.74 Å². The molecule has 2 aromatic carbocycles. The standard InChI is InChI=1S/C15H14O2.3CH4/c1-11-3-7-14(8-4-11)17-15-9-5-13(6-10-15)12(2)16;;;/h3-10H,1-2H3;3*1H4. The molecule has 110 valence electrons. The first kappa shape index (κ1) is 20.2. The minimum absolute atomic E-state index is 0. The molecule has 0 amide bonds. The van der Waals surface area contributed by atoms with Crippen molar-refractivity contribution in [3.8, 4) is 11.5 Å². The van der Waals surface area contributed by atoms with Crippen molar-refractivity contribution in [2.24, 2.45) is 0 Å². The third-order valence-corrected chi connectivity index (χ3v) is 2.52. The molecule has 2 heteroatoms. The highest BCUT2D eigenvalue weighted by atomic mass is 16.5. The molecule has 0 saturated carbocycles. The molecule has 0 fully saturated rings. The molecule has 0 unspecified atom stereocenters. The highest BCUT2D eigenvalue weighted by Gasteiger charge is 2.00. The van der Waals surface area contributed by atoms with E-state index in [2.05, 4.69) is 0 Å². The Bertz CT molecular complexity index is 510. The number of benzene rings is 2. The van der Waals surface area contributed by atoms with E-state index < -0.39 is 0 Å². The van der Waals surface area contributed by atoms with Crippen LogP contribution in [0.15, 0.2) is 48.5 Å². The van der Waals surface area contributed by atoms with Crippen LogP contribution < -0.4 is 4.74 Å². The molecule has 0 heterocycles. The van der Waals surface area contributed by atoms with Gasteiger partial charge in [0.2, 0.25) is 0 Å². The second-order valence-corrected chi connectivity index (χ2v) is 4.00. The van der Waals surface area contributed by atoms with E-state index in [1.54, 1.807) is 31.2 Å². The number of carbonyl (C=O) groups excluding carboxylic acids is 1. The van der Waals surface area contributed by atoms with Gasteiger partial charge >= 0.3 is 0 Å². The number of hydrogen-bond donors (Lipinski definition) is 0. The number of rotatable bonds is 3. The lowest BCUT2D eigenvalue weighted by Gasteiger charge is -2.06. The summed E-state index contributed by atoms with van der Waals surface area (Å²) in [4.78, 5) is 11.1. The maximum atomic E-state index is 11.1. The average Bonchev–Trinajstić information content (AvgIpc) is 2.33. The van der Waals surface area contributed by atoms with Gasteiger partial charge in [0.25, 0.3) is 0 Å². The Balaban J connectivity index is 0. The molecule has 0 atom stereocenters. The van der Waals surface area contributed by atoms with Crippen LogP contribution in [0.4, 0.5) is 0 Å². The van der Waals surface area contributed by atoms with Gasteiger partial charge in [-0.05, 0) is 50.2 Å². The average molecular weight is 274 g/mol. The lowest BCUT2D eigenvalue weighted by molar-refractivity contribution is 0.101. The first-order valence-electron chi connectivity index (χ1n) is 5.51. The molecule has 2 aromatic rings. The van der Waals surface area contributed by atoms with Gasteiger partial charge in [-0.1, -0.05) is 40.0 Å². The number of hydrogen-bond acceptors (Lipinski definition) is 2. The monoisotopic (exact) mass is 274 g/mol. The van der Waals surface area contributed by atoms with Gasteiger partial charge in [-0.3, -0.25) is 4.79 Å². The molecule has 2 rings (SSSR count). The lowest BCUT2D eigenvalue weighted by atomic mass is 10.1. The van der Waals surface area contributed by atoms with Crippen LogP contribution in [0.1, 0.15) is 45.1 Å². The highest BCUT2D eigenvalue weighted by Crippen LogP contribution is 2.21. The summed E-state index contributed by atoms with van der Waals surface area (Å²) in [5, 5.41) is 0. The highest BCUT2D eigenvalue weighted by molar-refractivity contribution is 5.94. The summed E-state index contributed by atoms with van der Waals surface area (Å²) in [6, 6.07) is 15.0. The molecule has 20 heavy (non-hydrogen) atoms. The van der Waals surface area contributed by atoms with Crippen LogP contribution in [-0.2, 0) is 0 Å². The van der Waals surface area contributed by atoms with Crippen molar-refractivity contribution in [3.05, 3.63) is 59.7 Å². The van der Waals surface area contributed by atoms with Gasteiger partial charge in [0.05, 0.1) is 0 Å². The zero-order valence-corrected chi connectivity index (χ0v) is 9.94. The number of ether oxygens (including phenoxy) is 1. The predicted octanol–water partition coefficient (Wildman–Crippen LogP) is 5.90. The van der Waals surface area contributed by atoms with E-state index in [0.29, 0.717) is 5.56 Å². The molecular weight excluding hydrogens is 248 g/mol. The maximum Gasteiger partial charge on any atom is 0.159 e. The normalized spacial score (nSPS) is 8.50. The van der Waals surface area contributed by atoms with Crippen molar-refractivity contribution < 1.29 is 9.53 Å². The molecular formula is C18H26O2. The molecule has 0 saturated heterocycles. The van der Waals surface area contributed by atoms with Crippen LogP contribution in [0.2, 0.25) is 0 Å². The van der Waals surface area contributed by atoms with Crippen molar-refractivity contribution in [1.29, 1.82) is 0 Å². The van der Waals surface area contributed by atoms with Crippen molar-refractivity contribution in [3.63, 3.8) is 0 Å². The van der Waals surface area contributed by atoms with Gasteiger partial charge in [0.1, 0.15) is 11.5 Å². The van der Waals surface area contributed by atoms with Gasteiger partial charge in [0, 0.05) is 5.56 Å². The van der Waals surface area contributed by atoms with Crippen LogP contribution in [-0.4, -0.2) is 5.78 Å². The molecule has 0 N–H and O–H groups in total. The SMILES string of the molecule is C.C.C.CC(=O)c1ccc(Oc2ccc(C)cc2)cc1. The molecule has 2 nitrogen and oxygen atoms in total. The smallest absolute Gasteiger partial charge is 0.159 e. The summed E-state index contributed by atoms with van der Waals surface area (Å²) < 4.78 is 5.66. The third kappa shape index (κ3) is 5.27. The van der Waals surface area contributed by atoms with E-state index in [-0.39, 0.29) is 28.1 Å². The summed E-state index contributed by atoms with van der Waals surface area (Å²) in [7, 11) is 0. The number of carbonyl (C=O) groups is 1. The van der Waals surface area contributed by atoms with Gasteiger partial charge in [0.15, 0.2) is 5.78 Å². The molecule has 0 aliphatic rings. The van der Waals surface area contributed by atoms with E-state index in [1.165, 1.54) is 5.56 Å². The zero-order chi connectivity index (χ0) is 12.3. The molecule has 0 spiro atoms. The second kappa shape index (κ2) is 8.92. The Labute approximate surface area is 123 Å². The van der Waals surface area contributed by atoms with Crippen LogP contribution in [0.3, 0.4) is 0 Å². The lowest BCUT2D eigenvalue weighted by Crippen LogP contribution is -1.91. The van der Waals surface area contributed by atoms with E-state index in [1.807, 2.05) is 31.2 Å². The fourth-order valence-corrected chi connectivity index (χ4v) is 1.50. The molecule has 0 radical (unpaired) electrons. The minimum Gasteiger partial charge on any atom is -0.457 e. The molecule has 0 bridgehead atoms. The molecule has 0 aliphatic carbocycles. The number of aryl methyl sites for hydroxylation is 1. The van der Waals surface area contributed by atoms with Crippen molar-refractivity contribution in [2.75, 3.05) is 0 Å². The van der Waals surface area contributed by atoms with Gasteiger partial charge in [-0.2, -0.15) is 0 Å². The van der Waals surface area contributed by atoms with E-state index >= 15 is 0 Å². The van der Waals surface area contributed by atoms with Gasteiger partial charge in [-0.15, -0.1) is 0 Å². The molecule has 0 aromatic heterocycles. The van der Waals surface area contributed by atoms with Gasteiger partial charge < -0.3 is 4.74 Å². The minimum atomic E-state index is 0. The summed E-state index contributed by atoms with van der Waals surface area (Å²) in [5.74, 6) is 1.59. The fourth-order valence-electron chi connectivity index (χ4n) is 1.50. The Hall–Kier alpha value is -2.09. The topological polar surface area (TPSA) is 26.3 Å². The quantitative estimate of drug-likeness (QED) is 0.651. The summed E-state index contributed by atoms with van der Waals surface area (Å²) in [6.45, 7) is 3.58. The Morgan fingerprint density at radius 2 is 1.20 bits per heavy atom. The maximum absolute atomic E-state index is 11.1. The Morgan fingerprint density at radius 3 is 1.60 bits per heavy atom. The second-order valence-electron chi connectivity index (χ2n) is 4.00. The number of ketones is 1. The molecule has 0 aliphatic heterocycles. The summed E-state index contributed by atoms with van der Waals surface area (Å²) in [6.07, 6.45) is 0. The van der Waals surface area contributed by atoms with E-state index in [0.717, 1.165) is 11.5 Å². The fraction of sp³-hybridized carbons (Fsp3) is 0.278. The van der Waals surface area contributed by atoms with Crippen LogP contribution in [0.5, 0.6) is 11.5 Å². The zero-order valence-electron chi connectivity index (χ0n) is 9.94. The number of Topliss-reactive ketones (excluding diaryl/α,β-unsaturated/α-hetero) is 1. The first-order valence-corrected chi connectivity index (χ1v) is 5.51. The largest absolute Gasteiger partial charge is 0.457 e. The van der Waals surface area contributed by atoms with Crippen molar-refractivity contribution in [1.82, 2.24) is 0 Å². The summed E-state index contributed by atoms with van der Waals surface area (Å²) in [5.41, 5.74) is 1.89. The third-order valence-electron chi connectivity index (χ3n) is 2.52. The van der Waals surface area contributed by atoms with Crippen molar-refractivity contribution in [2.45, 2.75) is 36.1 Å². The van der Waals surface area contributed by atoms with Crippen molar-refractivity contribution >= 4 is 5.78 Å². The first-order chi connectivity index (χ1) is 8.15. The Kier molecular flexibility index (Phi) is 9.02. The van der Waals surface area contributed by atoms with Crippen LogP contribution in [0.25, 0.3) is 0 Å². The Morgan fingerprint density at radius 1 is 0.800 bits per heavy atom.